The predicted octanol–water partition coefficient (Wildman–Crippen LogP) is 1.33. The molecule has 21 heavy (non-hydrogen) atoms. The summed E-state index contributed by atoms with van der Waals surface area (Å²) in [4.78, 5) is 19.2. The van der Waals surface area contributed by atoms with Gasteiger partial charge in [0.1, 0.15) is 10.0 Å². The van der Waals surface area contributed by atoms with Crippen LogP contribution in [0.1, 0.15) is 26.6 Å². The summed E-state index contributed by atoms with van der Waals surface area (Å²) in [5, 5.41) is 8.73. The van der Waals surface area contributed by atoms with E-state index in [-0.39, 0.29) is 22.1 Å². The van der Waals surface area contributed by atoms with Crippen LogP contribution in [0, 0.1) is 13.8 Å². The first-order chi connectivity index (χ1) is 9.79. The number of carboxylic acid groups (broad SMARTS) is 1. The van der Waals surface area contributed by atoms with Gasteiger partial charge in [-0.3, -0.25) is 0 Å². The summed E-state index contributed by atoms with van der Waals surface area (Å²) in [6, 6.07) is 1.80. The molecule has 0 aromatic carbocycles. The van der Waals surface area contributed by atoms with Crippen LogP contribution in [-0.4, -0.2) is 29.5 Å². The van der Waals surface area contributed by atoms with Crippen molar-refractivity contribution in [2.75, 3.05) is 0 Å². The van der Waals surface area contributed by atoms with Gasteiger partial charge >= 0.3 is 5.97 Å². The summed E-state index contributed by atoms with van der Waals surface area (Å²) in [7, 11) is -3.62. The van der Waals surface area contributed by atoms with Crippen LogP contribution in [0.15, 0.2) is 22.7 Å². The number of nitrogens with one attached hydrogen (secondary N) is 1. The minimum absolute atomic E-state index is 0.0497. The molecule has 9 heteroatoms. The Bertz CT molecular complexity index is 766. The molecule has 0 fully saturated rings. The van der Waals surface area contributed by atoms with E-state index in [2.05, 4.69) is 14.7 Å². The molecule has 112 valence electrons. The lowest BCUT2D eigenvalue weighted by molar-refractivity contribution is 0.0696. The molecule has 0 bridgehead atoms. The third kappa shape index (κ3) is 3.63. The molecule has 2 heterocycles. The second kappa shape index (κ2) is 5.88. The topological polar surface area (TPSA) is 109 Å². The molecule has 0 aliphatic carbocycles. The van der Waals surface area contributed by atoms with E-state index in [0.717, 1.165) is 17.3 Å². The van der Waals surface area contributed by atoms with Crippen LogP contribution in [0.5, 0.6) is 0 Å². The maximum absolute atomic E-state index is 12.2. The Hall–Kier alpha value is -1.84. The molecule has 0 spiro atoms. The molecule has 0 aliphatic heterocycles. The number of thiophene rings is 1. The molecule has 0 radical (unpaired) electrons. The van der Waals surface area contributed by atoms with Gasteiger partial charge in [0.15, 0.2) is 0 Å². The SMILES string of the molecule is Cc1cc(C)c(S(=O)(=O)NCc2ncc(C(=O)O)cn2)s1. The van der Waals surface area contributed by atoms with E-state index >= 15 is 0 Å². The average molecular weight is 327 g/mol. The van der Waals surface area contributed by atoms with Gasteiger partial charge in [0.05, 0.1) is 12.1 Å². The van der Waals surface area contributed by atoms with Crippen LogP contribution in [-0.2, 0) is 16.6 Å². The van der Waals surface area contributed by atoms with Crippen molar-refractivity contribution in [3.05, 3.63) is 40.3 Å². The summed E-state index contributed by atoms with van der Waals surface area (Å²) in [5.41, 5.74) is 0.637. The second-order valence-corrected chi connectivity index (χ2v) is 7.56. The molecule has 0 unspecified atom stereocenters. The molecular formula is C12H13N3O4S2. The van der Waals surface area contributed by atoms with Gasteiger partial charge in [-0.05, 0) is 25.5 Å². The van der Waals surface area contributed by atoms with Gasteiger partial charge in [0.2, 0.25) is 0 Å². The van der Waals surface area contributed by atoms with Gasteiger partial charge < -0.3 is 5.11 Å². The number of carbonyl (C=O) groups is 1. The fraction of sp³-hybridized carbons (Fsp3) is 0.250. The third-order valence-corrected chi connectivity index (χ3v) is 5.80. The molecule has 0 atom stereocenters. The molecule has 0 aliphatic rings. The molecule has 2 N–H and O–H groups in total. The summed E-state index contributed by atoms with van der Waals surface area (Å²) < 4.78 is 27.0. The molecule has 2 aromatic rings. The smallest absolute Gasteiger partial charge is 0.338 e. The molecule has 0 saturated heterocycles. The van der Waals surface area contributed by atoms with Crippen molar-refractivity contribution in [1.82, 2.24) is 14.7 Å². The zero-order valence-corrected chi connectivity index (χ0v) is 13.0. The lowest BCUT2D eigenvalue weighted by atomic mass is 10.3. The van der Waals surface area contributed by atoms with Crippen molar-refractivity contribution in [3.8, 4) is 0 Å². The van der Waals surface area contributed by atoms with Crippen molar-refractivity contribution >= 4 is 27.3 Å². The highest BCUT2D eigenvalue weighted by atomic mass is 32.2. The number of sulfonamides is 1. The highest BCUT2D eigenvalue weighted by Gasteiger charge is 2.19. The van der Waals surface area contributed by atoms with E-state index in [9.17, 15) is 13.2 Å². The third-order valence-electron chi connectivity index (χ3n) is 2.61. The van der Waals surface area contributed by atoms with Crippen molar-refractivity contribution in [2.45, 2.75) is 24.6 Å². The van der Waals surface area contributed by atoms with E-state index < -0.39 is 16.0 Å². The summed E-state index contributed by atoms with van der Waals surface area (Å²) in [5.74, 6) is -0.929. The number of hydrogen-bond donors (Lipinski definition) is 2. The molecule has 2 aromatic heterocycles. The van der Waals surface area contributed by atoms with Crippen molar-refractivity contribution < 1.29 is 18.3 Å². The predicted molar refractivity (Wildman–Crippen MR) is 76.8 cm³/mol. The van der Waals surface area contributed by atoms with Gasteiger partial charge in [-0.25, -0.2) is 27.9 Å². The number of nitrogens with zero attached hydrogens (tertiary/aromatic N) is 2. The minimum Gasteiger partial charge on any atom is -0.478 e. The Kier molecular flexibility index (Phi) is 4.35. The summed E-state index contributed by atoms with van der Waals surface area (Å²) in [6.07, 6.45) is 2.28. The molecule has 7 nitrogen and oxygen atoms in total. The van der Waals surface area contributed by atoms with Crippen LogP contribution in [0.25, 0.3) is 0 Å². The van der Waals surface area contributed by atoms with Gasteiger partial charge in [-0.2, -0.15) is 0 Å². The number of hydrogen-bond acceptors (Lipinski definition) is 6. The lowest BCUT2D eigenvalue weighted by Gasteiger charge is -2.05. The number of aromatic nitrogens is 2. The van der Waals surface area contributed by atoms with Gasteiger partial charge in [-0.15, -0.1) is 11.3 Å². The zero-order valence-electron chi connectivity index (χ0n) is 11.3. The first kappa shape index (κ1) is 15.5. The van der Waals surface area contributed by atoms with Crippen molar-refractivity contribution in [3.63, 3.8) is 0 Å². The van der Waals surface area contributed by atoms with Crippen LogP contribution in [0.4, 0.5) is 0 Å². The monoisotopic (exact) mass is 327 g/mol. The Balaban J connectivity index is 2.11. The maximum atomic E-state index is 12.2. The second-order valence-electron chi connectivity index (χ2n) is 4.35. The summed E-state index contributed by atoms with van der Waals surface area (Å²) in [6.45, 7) is 3.47. The molecule has 2 rings (SSSR count). The first-order valence-corrected chi connectivity index (χ1v) is 8.20. The summed E-state index contributed by atoms with van der Waals surface area (Å²) >= 11 is 1.19. The highest BCUT2D eigenvalue weighted by Crippen LogP contribution is 2.25. The Morgan fingerprint density at radius 2 is 1.95 bits per heavy atom. The molecular weight excluding hydrogens is 314 g/mol. The van der Waals surface area contributed by atoms with Crippen molar-refractivity contribution in [1.29, 1.82) is 0 Å². The Labute approximate surface area is 125 Å². The normalized spacial score (nSPS) is 11.5. The number of rotatable bonds is 5. The maximum Gasteiger partial charge on any atom is 0.338 e. The van der Waals surface area contributed by atoms with E-state index in [0.29, 0.717) is 5.56 Å². The molecule has 0 amide bonds. The lowest BCUT2D eigenvalue weighted by Crippen LogP contribution is -2.24. The fourth-order valence-electron chi connectivity index (χ4n) is 1.67. The number of carboxylic acids is 1. The zero-order chi connectivity index (χ0) is 15.6. The van der Waals surface area contributed by atoms with E-state index in [1.54, 1.807) is 13.0 Å². The van der Waals surface area contributed by atoms with Crippen LogP contribution >= 0.6 is 11.3 Å². The standard InChI is InChI=1S/C12H13N3O4S2/c1-7-3-8(2)20-12(7)21(18,19)15-6-10-13-4-9(5-14-10)11(16)17/h3-5,15H,6H2,1-2H3,(H,16,17). The first-order valence-electron chi connectivity index (χ1n) is 5.90. The van der Waals surface area contributed by atoms with Gasteiger partial charge in [0.25, 0.3) is 10.0 Å². The minimum atomic E-state index is -3.62. The van der Waals surface area contributed by atoms with Gasteiger partial charge in [0, 0.05) is 17.3 Å². The van der Waals surface area contributed by atoms with Crippen LogP contribution in [0.2, 0.25) is 0 Å². The van der Waals surface area contributed by atoms with Crippen LogP contribution in [0.3, 0.4) is 0 Å². The number of aromatic carboxylic acids is 1. The van der Waals surface area contributed by atoms with E-state index in [1.165, 1.54) is 11.3 Å². The Morgan fingerprint density at radius 1 is 1.33 bits per heavy atom. The van der Waals surface area contributed by atoms with Crippen molar-refractivity contribution in [2.24, 2.45) is 0 Å². The Morgan fingerprint density at radius 3 is 2.43 bits per heavy atom. The van der Waals surface area contributed by atoms with E-state index in [1.807, 2.05) is 6.92 Å². The van der Waals surface area contributed by atoms with Gasteiger partial charge in [-0.1, -0.05) is 0 Å². The fourth-order valence-corrected chi connectivity index (χ4v) is 4.36. The highest BCUT2D eigenvalue weighted by molar-refractivity contribution is 7.91. The van der Waals surface area contributed by atoms with Crippen LogP contribution < -0.4 is 4.72 Å². The van der Waals surface area contributed by atoms with E-state index in [4.69, 9.17) is 5.11 Å². The largest absolute Gasteiger partial charge is 0.478 e. The quantitative estimate of drug-likeness (QED) is 0.857. The number of aryl methyl sites for hydroxylation is 2. The average Bonchev–Trinajstić information content (AvgIpc) is 2.77. The molecule has 0 saturated carbocycles.